The van der Waals surface area contributed by atoms with Gasteiger partial charge in [-0.3, -0.25) is 0 Å². The van der Waals surface area contributed by atoms with Crippen molar-refractivity contribution >= 4 is 43.7 Å². The highest BCUT2D eigenvalue weighted by Crippen LogP contribution is 2.38. The van der Waals surface area contributed by atoms with Gasteiger partial charge >= 0.3 is 0 Å². The summed E-state index contributed by atoms with van der Waals surface area (Å²) in [7, 11) is 0. The Kier molecular flexibility index (Phi) is 4.67. The Balaban J connectivity index is 1.12. The first kappa shape index (κ1) is 20.5. The Bertz CT molecular complexity index is 3350. The van der Waals surface area contributed by atoms with Gasteiger partial charge in [-0.25, -0.2) is 15.0 Å². The van der Waals surface area contributed by atoms with E-state index in [1.165, 1.54) is 0 Å². The monoisotopic (exact) mass is 649 g/mol. The molecule has 0 aliphatic rings. The molecule has 0 aliphatic heterocycles. The first-order chi connectivity index (χ1) is 28.5. The summed E-state index contributed by atoms with van der Waals surface area (Å²) in [6, 6.07) is 33.2. The number of benzene rings is 7. The minimum absolute atomic E-state index is 0.0216. The summed E-state index contributed by atoms with van der Waals surface area (Å²) in [6.45, 7) is 0. The van der Waals surface area contributed by atoms with Crippen LogP contribution in [0.2, 0.25) is 0 Å². The number of para-hydroxylation sites is 2. The highest BCUT2D eigenvalue weighted by atomic mass is 16.3. The van der Waals surface area contributed by atoms with Crippen molar-refractivity contribution in [3.63, 3.8) is 0 Å². The normalized spacial score (nSPS) is 14.1. The fraction of sp³-hybridized carbons (Fsp3) is 0. The molecule has 0 N–H and O–H groups in total. The van der Waals surface area contributed by atoms with Gasteiger partial charge in [0.2, 0.25) is 0 Å². The summed E-state index contributed by atoms with van der Waals surface area (Å²) < 4.78 is 84.2. The molecule has 3 aromatic heterocycles. The molecule has 0 aliphatic carbocycles. The topological polar surface area (TPSA) is 56.7 Å². The molecule has 10 aromatic rings. The van der Waals surface area contributed by atoms with Gasteiger partial charge in [0.05, 0.1) is 23.4 Å². The van der Waals surface area contributed by atoms with Gasteiger partial charge in [0.25, 0.3) is 0 Å². The minimum Gasteiger partial charge on any atom is -0.456 e. The molecule has 10 rings (SSSR count). The molecule has 234 valence electrons. The number of hydrogen-bond acceptors (Lipinski definition) is 4. The molecule has 0 spiro atoms. The van der Waals surface area contributed by atoms with Crippen LogP contribution in [0.15, 0.2) is 174 Å². The van der Waals surface area contributed by atoms with Gasteiger partial charge < -0.3 is 8.98 Å². The Morgan fingerprint density at radius 1 is 0.420 bits per heavy atom. The van der Waals surface area contributed by atoms with Crippen molar-refractivity contribution in [3.05, 3.63) is 170 Å². The molecule has 0 saturated carbocycles. The predicted octanol–water partition coefficient (Wildman–Crippen LogP) is 11.5. The quantitative estimate of drug-likeness (QED) is 0.186. The second kappa shape index (κ2) is 11.4. The van der Waals surface area contributed by atoms with Crippen molar-refractivity contribution in [3.8, 4) is 51.0 Å². The highest BCUT2D eigenvalue weighted by molar-refractivity contribution is 6.11. The fourth-order valence-electron chi connectivity index (χ4n) is 6.59. The van der Waals surface area contributed by atoms with E-state index in [0.717, 1.165) is 55.5 Å². The summed E-state index contributed by atoms with van der Waals surface area (Å²) >= 11 is 0. The summed E-state index contributed by atoms with van der Waals surface area (Å²) in [5.41, 5.74) is 6.45. The van der Waals surface area contributed by atoms with Crippen molar-refractivity contribution in [1.29, 1.82) is 0 Å². The second-order valence-corrected chi connectivity index (χ2v) is 11.8. The minimum atomic E-state index is -0.586. The number of rotatable bonds is 5. The SMILES string of the molecule is [2H]c1cc([2H])c([2H])c(-c2nc(-c3ccc4oc5cc(-c6ccc7c(c6)c6ccccc6n7-c6ccccc6)ccc5c4c3)nc(-c3c([2H])c([2H])c([2H])c([2H])c3[2H])n2)c1[2H]. The maximum atomic E-state index is 8.62. The zero-order valence-electron chi connectivity index (χ0n) is 35.2. The molecule has 0 fully saturated rings. The van der Waals surface area contributed by atoms with Crippen molar-refractivity contribution < 1.29 is 16.8 Å². The summed E-state index contributed by atoms with van der Waals surface area (Å²) in [4.78, 5) is 13.6. The highest BCUT2D eigenvalue weighted by Gasteiger charge is 2.16. The van der Waals surface area contributed by atoms with Crippen LogP contribution in [0.5, 0.6) is 0 Å². The third-order valence-electron chi connectivity index (χ3n) is 8.87. The third kappa shape index (κ3) is 4.67. The summed E-state index contributed by atoms with van der Waals surface area (Å²) in [5.74, 6) is -0.512. The number of nitrogens with zero attached hydrogens (tertiary/aromatic N) is 4. The molecule has 7 aromatic carbocycles. The van der Waals surface area contributed by atoms with Gasteiger partial charge in [0.1, 0.15) is 11.2 Å². The van der Waals surface area contributed by atoms with E-state index in [2.05, 4.69) is 68.0 Å². The summed E-state index contributed by atoms with van der Waals surface area (Å²) in [6.07, 6.45) is 0. The van der Waals surface area contributed by atoms with Gasteiger partial charge in [0, 0.05) is 43.9 Å². The van der Waals surface area contributed by atoms with E-state index >= 15 is 0 Å². The van der Waals surface area contributed by atoms with Crippen LogP contribution in [-0.4, -0.2) is 19.5 Å². The van der Waals surface area contributed by atoms with Gasteiger partial charge in [-0.15, -0.1) is 0 Å². The second-order valence-electron chi connectivity index (χ2n) is 11.8. The molecule has 0 saturated heterocycles. The van der Waals surface area contributed by atoms with E-state index in [1.807, 2.05) is 48.5 Å². The van der Waals surface area contributed by atoms with Crippen LogP contribution in [0.1, 0.15) is 12.3 Å². The average Bonchev–Trinajstić information content (AvgIpc) is 3.79. The maximum absolute atomic E-state index is 8.62. The van der Waals surface area contributed by atoms with Crippen LogP contribution in [0.25, 0.3) is 94.7 Å². The standard InChI is InChI=1S/C45H28N4O/c1-4-12-29(13-5-1)43-46-44(30-14-6-2-7-15-30)48-45(47-43)33-22-25-41-38(27-33)36-23-20-32(28-42(36)50-41)31-21-24-40-37(26-31)35-18-10-11-19-39(35)49(40)34-16-8-3-9-17-34/h1-28H/i1D,4D,5D,6D,7D,12D,13D,14D,15D. The van der Waals surface area contributed by atoms with Crippen molar-refractivity contribution in [2.45, 2.75) is 0 Å². The zero-order chi connectivity index (χ0) is 40.9. The predicted molar refractivity (Wildman–Crippen MR) is 203 cm³/mol. The molecule has 5 heteroatoms. The zero-order valence-corrected chi connectivity index (χ0v) is 26.2. The smallest absolute Gasteiger partial charge is 0.164 e. The lowest BCUT2D eigenvalue weighted by atomic mass is 10.0. The first-order valence-corrected chi connectivity index (χ1v) is 16.0. The van der Waals surface area contributed by atoms with Crippen LogP contribution < -0.4 is 0 Å². The molecular weight excluding hydrogens is 613 g/mol. The van der Waals surface area contributed by atoms with Crippen LogP contribution in [0.4, 0.5) is 0 Å². The van der Waals surface area contributed by atoms with E-state index in [1.54, 1.807) is 12.1 Å². The molecule has 3 heterocycles. The van der Waals surface area contributed by atoms with Crippen LogP contribution in [0, 0.1) is 0 Å². The third-order valence-corrected chi connectivity index (χ3v) is 8.87. The molecule has 0 unspecified atom stereocenters. The molecule has 0 radical (unpaired) electrons. The van der Waals surface area contributed by atoms with E-state index in [9.17, 15) is 0 Å². The first-order valence-electron chi connectivity index (χ1n) is 20.5. The number of aromatic nitrogens is 4. The van der Waals surface area contributed by atoms with Crippen LogP contribution in [0.3, 0.4) is 0 Å². The van der Waals surface area contributed by atoms with E-state index in [0.29, 0.717) is 16.7 Å². The van der Waals surface area contributed by atoms with Crippen LogP contribution >= 0.6 is 0 Å². The molecule has 0 amide bonds. The largest absolute Gasteiger partial charge is 0.456 e. The maximum Gasteiger partial charge on any atom is 0.164 e. The fourth-order valence-corrected chi connectivity index (χ4v) is 6.59. The number of fused-ring (bicyclic) bond motifs is 6. The average molecular weight is 650 g/mol. The molecule has 50 heavy (non-hydrogen) atoms. The lowest BCUT2D eigenvalue weighted by Gasteiger charge is -2.08. The van der Waals surface area contributed by atoms with Crippen LogP contribution in [-0.2, 0) is 0 Å². The Morgan fingerprint density at radius 2 is 1.04 bits per heavy atom. The van der Waals surface area contributed by atoms with Crippen molar-refractivity contribution in [2.75, 3.05) is 0 Å². The van der Waals surface area contributed by atoms with Gasteiger partial charge in [-0.05, 0) is 71.8 Å². The lowest BCUT2D eigenvalue weighted by molar-refractivity contribution is 0.669. The van der Waals surface area contributed by atoms with Gasteiger partial charge in [0.15, 0.2) is 17.5 Å². The molecule has 0 bridgehead atoms. The molecular formula is C45H28N4O. The van der Waals surface area contributed by atoms with E-state index in [-0.39, 0.29) is 40.7 Å². The van der Waals surface area contributed by atoms with Gasteiger partial charge in [-0.2, -0.15) is 0 Å². The molecule has 5 nitrogen and oxygen atoms in total. The molecule has 0 atom stereocenters. The summed E-state index contributed by atoms with van der Waals surface area (Å²) in [5, 5.41) is 3.82. The lowest BCUT2D eigenvalue weighted by Crippen LogP contribution is -2.00. The van der Waals surface area contributed by atoms with Gasteiger partial charge in [-0.1, -0.05) is 109 Å². The van der Waals surface area contributed by atoms with Crippen molar-refractivity contribution in [2.24, 2.45) is 0 Å². The number of hydrogen-bond donors (Lipinski definition) is 0. The van der Waals surface area contributed by atoms with E-state index < -0.39 is 42.3 Å². The Labute approximate surface area is 300 Å². The Hall–Kier alpha value is -6.85. The van der Waals surface area contributed by atoms with E-state index in [4.69, 9.17) is 16.8 Å². The Morgan fingerprint density at radius 3 is 1.84 bits per heavy atom. The van der Waals surface area contributed by atoms with Crippen molar-refractivity contribution in [1.82, 2.24) is 19.5 Å². The number of furan rings is 1.